The van der Waals surface area contributed by atoms with Gasteiger partial charge in [0, 0.05) is 23.7 Å². The fourth-order valence-corrected chi connectivity index (χ4v) is 2.02. The lowest BCUT2D eigenvalue weighted by Crippen LogP contribution is -2.21. The Morgan fingerprint density at radius 3 is 2.54 bits per heavy atom. The number of benzene rings is 1. The SMILES string of the molecule is CC(C(=O)N=C(N)/C=C(\N)C1CC1)/C(N)=C/C=Nc1ccc(F)c(F)c1. The maximum Gasteiger partial charge on any atom is 0.256 e. The molecule has 0 radical (unpaired) electrons. The number of hydrogen-bond donors (Lipinski definition) is 3. The standard InChI is InChI=1S/C18H21F2N5O/c1-10(18(26)25-17(23)9-16(22)11-2-3-11)15(21)6-7-24-12-4-5-13(19)14(20)8-12/h4-11H,2-3,21-22H2,1H3,(H2,23,25,26)/b15-6-,16-9-,24-7?. The zero-order valence-electron chi connectivity index (χ0n) is 14.3. The molecule has 1 atom stereocenters. The fourth-order valence-electron chi connectivity index (χ4n) is 2.02. The summed E-state index contributed by atoms with van der Waals surface area (Å²) in [7, 11) is 0. The van der Waals surface area contributed by atoms with Gasteiger partial charge in [0.05, 0.1) is 11.6 Å². The molecule has 0 spiro atoms. The molecule has 1 saturated carbocycles. The van der Waals surface area contributed by atoms with E-state index in [0.717, 1.165) is 25.0 Å². The monoisotopic (exact) mass is 361 g/mol. The van der Waals surface area contributed by atoms with Crippen LogP contribution in [-0.2, 0) is 4.79 Å². The first-order chi connectivity index (χ1) is 12.3. The highest BCUT2D eigenvalue weighted by Crippen LogP contribution is 2.33. The number of allylic oxidation sites excluding steroid dienone is 2. The van der Waals surface area contributed by atoms with Crippen molar-refractivity contribution in [1.82, 2.24) is 0 Å². The molecule has 1 aliphatic carbocycles. The van der Waals surface area contributed by atoms with Crippen molar-refractivity contribution in [3.05, 3.63) is 53.4 Å². The molecule has 8 heteroatoms. The van der Waals surface area contributed by atoms with Crippen molar-refractivity contribution < 1.29 is 13.6 Å². The third-order valence-corrected chi connectivity index (χ3v) is 3.87. The van der Waals surface area contributed by atoms with Gasteiger partial charge in [-0.2, -0.15) is 4.99 Å². The highest BCUT2D eigenvalue weighted by Gasteiger charge is 2.24. The Kier molecular flexibility index (Phi) is 6.21. The predicted octanol–water partition coefficient (Wildman–Crippen LogP) is 2.28. The quantitative estimate of drug-likeness (QED) is 0.532. The third-order valence-electron chi connectivity index (χ3n) is 3.87. The van der Waals surface area contributed by atoms with Crippen LogP contribution in [0, 0.1) is 23.5 Å². The van der Waals surface area contributed by atoms with E-state index in [0.29, 0.717) is 11.6 Å². The van der Waals surface area contributed by atoms with Gasteiger partial charge in [-0.25, -0.2) is 8.78 Å². The van der Waals surface area contributed by atoms with Crippen LogP contribution in [0.1, 0.15) is 19.8 Å². The second-order valence-corrected chi connectivity index (χ2v) is 6.06. The van der Waals surface area contributed by atoms with E-state index in [2.05, 4.69) is 9.98 Å². The van der Waals surface area contributed by atoms with Gasteiger partial charge in [0.15, 0.2) is 11.6 Å². The molecule has 2 rings (SSSR count). The molecule has 1 aliphatic rings. The number of nitrogens with two attached hydrogens (primary N) is 3. The number of halogens is 2. The summed E-state index contributed by atoms with van der Waals surface area (Å²) in [5, 5.41) is 0. The Morgan fingerprint density at radius 2 is 1.92 bits per heavy atom. The number of nitrogens with zero attached hydrogens (tertiary/aromatic N) is 2. The summed E-state index contributed by atoms with van der Waals surface area (Å²) in [5.41, 5.74) is 18.4. The van der Waals surface area contributed by atoms with Gasteiger partial charge in [-0.05, 0) is 50.0 Å². The van der Waals surface area contributed by atoms with Crippen LogP contribution in [-0.4, -0.2) is 18.0 Å². The van der Waals surface area contributed by atoms with Gasteiger partial charge in [0.2, 0.25) is 0 Å². The molecule has 0 saturated heterocycles. The van der Waals surface area contributed by atoms with Gasteiger partial charge in [-0.1, -0.05) is 0 Å². The van der Waals surface area contributed by atoms with Crippen LogP contribution >= 0.6 is 0 Å². The summed E-state index contributed by atoms with van der Waals surface area (Å²) in [4.78, 5) is 19.8. The number of amidine groups is 1. The number of aliphatic imine (C=N–C) groups is 2. The second kappa shape index (κ2) is 8.37. The van der Waals surface area contributed by atoms with E-state index in [-0.39, 0.29) is 17.2 Å². The lowest BCUT2D eigenvalue weighted by molar-refractivity contribution is -0.120. The molecule has 1 fully saturated rings. The normalized spacial score (nSPS) is 17.6. The van der Waals surface area contributed by atoms with Gasteiger partial charge in [-0.3, -0.25) is 9.79 Å². The molecular weight excluding hydrogens is 340 g/mol. The van der Waals surface area contributed by atoms with Crippen LogP contribution < -0.4 is 17.2 Å². The van der Waals surface area contributed by atoms with E-state index in [1.54, 1.807) is 6.92 Å². The number of rotatable bonds is 6. The van der Waals surface area contributed by atoms with Crippen molar-refractivity contribution >= 4 is 23.6 Å². The Labute approximate surface area is 150 Å². The van der Waals surface area contributed by atoms with E-state index in [1.165, 1.54) is 24.4 Å². The molecule has 1 amide bonds. The van der Waals surface area contributed by atoms with Gasteiger partial charge in [0.1, 0.15) is 5.84 Å². The zero-order valence-corrected chi connectivity index (χ0v) is 14.3. The smallest absolute Gasteiger partial charge is 0.256 e. The van der Waals surface area contributed by atoms with Crippen LogP contribution in [0.2, 0.25) is 0 Å². The van der Waals surface area contributed by atoms with Crippen LogP contribution in [0.15, 0.2) is 51.7 Å². The van der Waals surface area contributed by atoms with E-state index in [1.807, 2.05) is 0 Å². The second-order valence-electron chi connectivity index (χ2n) is 6.06. The third kappa shape index (κ3) is 5.51. The number of hydrogen-bond acceptors (Lipinski definition) is 4. The summed E-state index contributed by atoms with van der Waals surface area (Å²) in [6.07, 6.45) is 6.22. The Bertz CT molecular complexity index is 810. The number of carbonyl (C=O) groups is 1. The first-order valence-corrected chi connectivity index (χ1v) is 8.07. The molecule has 1 aromatic rings. The average Bonchev–Trinajstić information content (AvgIpc) is 3.42. The van der Waals surface area contributed by atoms with E-state index < -0.39 is 23.5 Å². The molecule has 0 bridgehead atoms. The number of amides is 1. The first kappa shape index (κ1) is 19.3. The molecule has 0 aliphatic heterocycles. The van der Waals surface area contributed by atoms with Gasteiger partial charge < -0.3 is 17.2 Å². The van der Waals surface area contributed by atoms with Crippen molar-refractivity contribution in [2.45, 2.75) is 19.8 Å². The summed E-state index contributed by atoms with van der Waals surface area (Å²) in [6.45, 7) is 1.57. The molecule has 0 heterocycles. The van der Waals surface area contributed by atoms with Crippen LogP contribution in [0.25, 0.3) is 0 Å². The number of carbonyl (C=O) groups excluding carboxylic acids is 1. The van der Waals surface area contributed by atoms with Crippen LogP contribution in [0.5, 0.6) is 0 Å². The van der Waals surface area contributed by atoms with Crippen LogP contribution in [0.3, 0.4) is 0 Å². The Morgan fingerprint density at radius 1 is 1.23 bits per heavy atom. The van der Waals surface area contributed by atoms with Gasteiger partial charge in [0.25, 0.3) is 5.91 Å². The molecule has 0 aromatic heterocycles. The zero-order chi connectivity index (χ0) is 19.3. The Hall–Kier alpha value is -3.03. The summed E-state index contributed by atoms with van der Waals surface area (Å²) in [6, 6.07) is 3.24. The molecule has 1 unspecified atom stereocenters. The summed E-state index contributed by atoms with van der Waals surface area (Å²) in [5.74, 6) is -2.82. The van der Waals surface area contributed by atoms with Crippen molar-refractivity contribution in [3.63, 3.8) is 0 Å². The minimum atomic E-state index is -0.997. The molecule has 138 valence electrons. The van der Waals surface area contributed by atoms with Crippen molar-refractivity contribution in [2.75, 3.05) is 0 Å². The fraction of sp³-hybridized carbons (Fsp3) is 0.278. The average molecular weight is 361 g/mol. The maximum absolute atomic E-state index is 13.1. The maximum atomic E-state index is 13.1. The molecule has 26 heavy (non-hydrogen) atoms. The minimum absolute atomic E-state index is 0.0366. The first-order valence-electron chi connectivity index (χ1n) is 8.07. The highest BCUT2D eigenvalue weighted by atomic mass is 19.2. The minimum Gasteiger partial charge on any atom is -0.402 e. The highest BCUT2D eigenvalue weighted by molar-refractivity contribution is 6.01. The van der Waals surface area contributed by atoms with Crippen molar-refractivity contribution in [2.24, 2.45) is 39.0 Å². The van der Waals surface area contributed by atoms with Crippen molar-refractivity contribution in [1.29, 1.82) is 0 Å². The predicted molar refractivity (Wildman–Crippen MR) is 97.6 cm³/mol. The summed E-state index contributed by atoms with van der Waals surface area (Å²) >= 11 is 0. The largest absolute Gasteiger partial charge is 0.402 e. The van der Waals surface area contributed by atoms with Gasteiger partial charge >= 0.3 is 0 Å². The molecule has 6 N–H and O–H groups in total. The lowest BCUT2D eigenvalue weighted by atomic mass is 10.1. The topological polar surface area (TPSA) is 120 Å². The lowest BCUT2D eigenvalue weighted by Gasteiger charge is -2.07. The Balaban J connectivity index is 2.00. The molecule has 1 aromatic carbocycles. The van der Waals surface area contributed by atoms with E-state index >= 15 is 0 Å². The van der Waals surface area contributed by atoms with E-state index in [4.69, 9.17) is 17.2 Å². The van der Waals surface area contributed by atoms with E-state index in [9.17, 15) is 13.6 Å². The summed E-state index contributed by atoms with van der Waals surface area (Å²) < 4.78 is 25.9. The molecule has 6 nitrogen and oxygen atoms in total. The van der Waals surface area contributed by atoms with Crippen molar-refractivity contribution in [3.8, 4) is 0 Å². The van der Waals surface area contributed by atoms with Crippen LogP contribution in [0.4, 0.5) is 14.5 Å². The van der Waals surface area contributed by atoms with Gasteiger partial charge in [-0.15, -0.1) is 0 Å². The molecular formula is C18H21F2N5O.